The first-order valence-corrected chi connectivity index (χ1v) is 9.06. The standard InChI is InChI=1S/C20H24FN3O3/c1-3-27-17-12-15(11-16(21)13-17)18(20(25)26)23-7-9-24(10-8-23)19-14(2)5-4-6-22-19/h4-6,11-13,18H,3,7-10H2,1-2H3,(H,25,26)/t18-/m1/s1. The van der Waals surface area contributed by atoms with Gasteiger partial charge in [0, 0.05) is 38.4 Å². The Bertz CT molecular complexity index is 807. The number of nitrogens with zero attached hydrogens (tertiary/aromatic N) is 3. The molecule has 2 heterocycles. The summed E-state index contributed by atoms with van der Waals surface area (Å²) in [5.41, 5.74) is 1.49. The minimum Gasteiger partial charge on any atom is -0.494 e. The van der Waals surface area contributed by atoms with Crippen molar-refractivity contribution < 1.29 is 19.0 Å². The van der Waals surface area contributed by atoms with E-state index in [0.29, 0.717) is 44.1 Å². The van der Waals surface area contributed by atoms with Crippen LogP contribution in [0.15, 0.2) is 36.5 Å². The molecular weight excluding hydrogens is 349 g/mol. The van der Waals surface area contributed by atoms with E-state index in [2.05, 4.69) is 9.88 Å². The lowest BCUT2D eigenvalue weighted by atomic mass is 10.0. The van der Waals surface area contributed by atoms with Crippen molar-refractivity contribution in [1.82, 2.24) is 9.88 Å². The molecule has 1 aromatic carbocycles. The summed E-state index contributed by atoms with van der Waals surface area (Å²) in [6, 6.07) is 7.16. The highest BCUT2D eigenvalue weighted by Crippen LogP contribution is 2.28. The predicted octanol–water partition coefficient (Wildman–Crippen LogP) is 2.88. The van der Waals surface area contributed by atoms with Gasteiger partial charge in [0.15, 0.2) is 0 Å². The monoisotopic (exact) mass is 373 g/mol. The normalized spacial score (nSPS) is 16.2. The Morgan fingerprint density at radius 3 is 2.67 bits per heavy atom. The van der Waals surface area contributed by atoms with Crippen LogP contribution in [-0.2, 0) is 4.79 Å². The molecule has 144 valence electrons. The number of carbonyl (C=O) groups is 1. The second-order valence-electron chi connectivity index (χ2n) is 6.56. The van der Waals surface area contributed by atoms with E-state index in [-0.39, 0.29) is 0 Å². The first-order valence-electron chi connectivity index (χ1n) is 9.06. The van der Waals surface area contributed by atoms with Gasteiger partial charge in [0.05, 0.1) is 6.61 Å². The smallest absolute Gasteiger partial charge is 0.325 e. The van der Waals surface area contributed by atoms with E-state index in [4.69, 9.17) is 4.74 Å². The zero-order valence-corrected chi connectivity index (χ0v) is 15.6. The molecule has 1 saturated heterocycles. The van der Waals surface area contributed by atoms with Crippen LogP contribution in [0.25, 0.3) is 0 Å². The van der Waals surface area contributed by atoms with Crippen LogP contribution in [0.2, 0.25) is 0 Å². The molecule has 1 atom stereocenters. The molecule has 1 aliphatic heterocycles. The number of aryl methyl sites for hydroxylation is 1. The Hall–Kier alpha value is -2.67. The van der Waals surface area contributed by atoms with Crippen LogP contribution in [0, 0.1) is 12.7 Å². The first kappa shape index (κ1) is 19.1. The molecule has 1 aliphatic rings. The van der Waals surface area contributed by atoms with Gasteiger partial charge in [0.2, 0.25) is 0 Å². The Kier molecular flexibility index (Phi) is 5.91. The molecule has 0 radical (unpaired) electrons. The van der Waals surface area contributed by atoms with E-state index in [9.17, 15) is 14.3 Å². The van der Waals surface area contributed by atoms with Crippen LogP contribution < -0.4 is 9.64 Å². The summed E-state index contributed by atoms with van der Waals surface area (Å²) in [4.78, 5) is 20.4. The van der Waals surface area contributed by atoms with Crippen LogP contribution in [0.4, 0.5) is 10.2 Å². The number of hydrogen-bond donors (Lipinski definition) is 1. The number of carboxylic acid groups (broad SMARTS) is 1. The van der Waals surface area contributed by atoms with E-state index < -0.39 is 17.8 Å². The third kappa shape index (κ3) is 4.36. The van der Waals surface area contributed by atoms with E-state index in [1.165, 1.54) is 12.1 Å². The lowest BCUT2D eigenvalue weighted by Gasteiger charge is -2.38. The lowest BCUT2D eigenvalue weighted by Crippen LogP contribution is -2.49. The number of carboxylic acids is 1. The van der Waals surface area contributed by atoms with Gasteiger partial charge in [0.25, 0.3) is 0 Å². The van der Waals surface area contributed by atoms with Gasteiger partial charge in [-0.1, -0.05) is 6.07 Å². The quantitative estimate of drug-likeness (QED) is 0.840. The third-order valence-electron chi connectivity index (χ3n) is 4.72. The van der Waals surface area contributed by atoms with Crippen molar-refractivity contribution in [2.75, 3.05) is 37.7 Å². The third-order valence-corrected chi connectivity index (χ3v) is 4.72. The molecule has 3 rings (SSSR count). The summed E-state index contributed by atoms with van der Waals surface area (Å²) < 4.78 is 19.3. The summed E-state index contributed by atoms with van der Waals surface area (Å²) in [5.74, 6) is -0.217. The molecule has 0 amide bonds. The summed E-state index contributed by atoms with van der Waals surface area (Å²) in [5, 5.41) is 9.79. The van der Waals surface area contributed by atoms with Gasteiger partial charge >= 0.3 is 5.97 Å². The minimum absolute atomic E-state index is 0.349. The molecule has 0 aliphatic carbocycles. The zero-order valence-electron chi connectivity index (χ0n) is 15.6. The Labute approximate surface area is 158 Å². The highest BCUT2D eigenvalue weighted by atomic mass is 19.1. The van der Waals surface area contributed by atoms with Gasteiger partial charge in [-0.25, -0.2) is 9.37 Å². The second-order valence-corrected chi connectivity index (χ2v) is 6.56. The molecule has 1 N–H and O–H groups in total. The molecular formula is C20H24FN3O3. The second kappa shape index (κ2) is 8.35. The number of pyridine rings is 1. The molecule has 0 spiro atoms. The minimum atomic E-state index is -0.995. The molecule has 0 bridgehead atoms. The summed E-state index contributed by atoms with van der Waals surface area (Å²) >= 11 is 0. The zero-order chi connectivity index (χ0) is 19.4. The average Bonchev–Trinajstić information content (AvgIpc) is 2.63. The summed E-state index contributed by atoms with van der Waals surface area (Å²) in [7, 11) is 0. The van der Waals surface area contributed by atoms with Gasteiger partial charge in [-0.15, -0.1) is 0 Å². The van der Waals surface area contributed by atoms with Crippen molar-refractivity contribution in [2.24, 2.45) is 0 Å². The molecule has 2 aromatic rings. The number of halogens is 1. The number of piperazine rings is 1. The molecule has 7 heteroatoms. The van der Waals surface area contributed by atoms with E-state index in [0.717, 1.165) is 11.4 Å². The molecule has 1 fully saturated rings. The number of benzene rings is 1. The fourth-order valence-corrected chi connectivity index (χ4v) is 3.50. The maximum atomic E-state index is 14.0. The van der Waals surface area contributed by atoms with E-state index in [1.54, 1.807) is 19.2 Å². The number of aliphatic carboxylic acids is 1. The van der Waals surface area contributed by atoms with Crippen molar-refractivity contribution in [3.8, 4) is 5.75 Å². The number of hydrogen-bond acceptors (Lipinski definition) is 5. The lowest BCUT2D eigenvalue weighted by molar-refractivity contribution is -0.143. The van der Waals surface area contributed by atoms with Gasteiger partial charge in [0.1, 0.15) is 23.4 Å². The molecule has 0 unspecified atom stereocenters. The highest BCUT2D eigenvalue weighted by Gasteiger charge is 2.31. The maximum Gasteiger partial charge on any atom is 0.325 e. The van der Waals surface area contributed by atoms with Crippen molar-refractivity contribution >= 4 is 11.8 Å². The Balaban J connectivity index is 1.78. The molecule has 27 heavy (non-hydrogen) atoms. The van der Waals surface area contributed by atoms with Gasteiger partial charge in [-0.05, 0) is 43.2 Å². The summed E-state index contributed by atoms with van der Waals surface area (Å²) in [6.07, 6.45) is 1.76. The largest absolute Gasteiger partial charge is 0.494 e. The molecule has 1 aromatic heterocycles. The summed E-state index contributed by atoms with van der Waals surface area (Å²) in [6.45, 7) is 6.63. The van der Waals surface area contributed by atoms with Crippen LogP contribution >= 0.6 is 0 Å². The number of aromatic nitrogens is 1. The van der Waals surface area contributed by atoms with Crippen LogP contribution in [0.3, 0.4) is 0 Å². The maximum absolute atomic E-state index is 14.0. The topological polar surface area (TPSA) is 65.9 Å². The average molecular weight is 373 g/mol. The van der Waals surface area contributed by atoms with Gasteiger partial charge < -0.3 is 14.7 Å². The van der Waals surface area contributed by atoms with Crippen molar-refractivity contribution in [3.05, 3.63) is 53.5 Å². The highest BCUT2D eigenvalue weighted by molar-refractivity contribution is 5.76. The first-order chi connectivity index (χ1) is 13.0. The number of anilines is 1. The SMILES string of the molecule is CCOc1cc(F)cc([C@H](C(=O)O)N2CCN(c3ncccc3C)CC2)c1. The van der Waals surface area contributed by atoms with Gasteiger partial charge in [-0.2, -0.15) is 0 Å². The number of ether oxygens (including phenoxy) is 1. The van der Waals surface area contributed by atoms with Crippen molar-refractivity contribution in [1.29, 1.82) is 0 Å². The molecule has 0 saturated carbocycles. The molecule has 6 nitrogen and oxygen atoms in total. The fraction of sp³-hybridized carbons (Fsp3) is 0.400. The van der Waals surface area contributed by atoms with Crippen LogP contribution in [0.1, 0.15) is 24.1 Å². The van der Waals surface area contributed by atoms with Crippen LogP contribution in [-0.4, -0.2) is 53.7 Å². The van der Waals surface area contributed by atoms with Crippen LogP contribution in [0.5, 0.6) is 5.75 Å². The van der Waals surface area contributed by atoms with Crippen molar-refractivity contribution in [2.45, 2.75) is 19.9 Å². The van der Waals surface area contributed by atoms with E-state index >= 15 is 0 Å². The van der Waals surface area contributed by atoms with Crippen molar-refractivity contribution in [3.63, 3.8) is 0 Å². The van der Waals surface area contributed by atoms with Gasteiger partial charge in [-0.3, -0.25) is 9.69 Å². The van der Waals surface area contributed by atoms with E-state index in [1.807, 2.05) is 24.0 Å². The fourth-order valence-electron chi connectivity index (χ4n) is 3.50. The number of rotatable bonds is 6. The Morgan fingerprint density at radius 1 is 1.30 bits per heavy atom. The Morgan fingerprint density at radius 2 is 2.04 bits per heavy atom. The predicted molar refractivity (Wildman–Crippen MR) is 101 cm³/mol.